The van der Waals surface area contributed by atoms with Crippen LogP contribution >= 0.6 is 23.1 Å². The second-order valence-electron chi connectivity index (χ2n) is 3.48. The molecule has 1 aromatic rings. The third-order valence-corrected chi connectivity index (χ3v) is 4.35. The molecular formula is C13H18OS2. The highest BCUT2D eigenvalue weighted by molar-refractivity contribution is 7.98. The zero-order chi connectivity index (χ0) is 11.6. The highest BCUT2D eigenvalue weighted by Gasteiger charge is 2.01. The van der Waals surface area contributed by atoms with Gasteiger partial charge in [0.05, 0.1) is 0 Å². The number of thiophene rings is 1. The highest BCUT2D eigenvalue weighted by atomic mass is 32.2. The summed E-state index contributed by atoms with van der Waals surface area (Å²) in [6, 6.07) is 2.04. The van der Waals surface area contributed by atoms with Crippen LogP contribution in [0.25, 0.3) is 0 Å². The minimum Gasteiger partial charge on any atom is -0.384 e. The molecule has 1 nitrogen and oxygen atoms in total. The fraction of sp³-hybridized carbons (Fsp3) is 0.538. The first-order valence-corrected chi connectivity index (χ1v) is 7.65. The molecule has 0 spiro atoms. The van der Waals surface area contributed by atoms with E-state index < -0.39 is 0 Å². The average molecular weight is 254 g/mol. The molecule has 0 atom stereocenters. The minimum atomic E-state index is -0.0566. The summed E-state index contributed by atoms with van der Waals surface area (Å²) in [5.74, 6) is 7.98. The van der Waals surface area contributed by atoms with Gasteiger partial charge in [0.15, 0.2) is 0 Å². The lowest BCUT2D eigenvalue weighted by molar-refractivity contribution is 0.350. The summed E-state index contributed by atoms with van der Waals surface area (Å²) in [5.41, 5.74) is 1.09. The molecule has 1 heterocycles. The van der Waals surface area contributed by atoms with Gasteiger partial charge in [-0.2, -0.15) is 11.8 Å². The second-order valence-corrected chi connectivity index (χ2v) is 5.58. The molecule has 0 bridgehead atoms. The Balaban J connectivity index is 2.33. The molecule has 0 aromatic carbocycles. The van der Waals surface area contributed by atoms with Gasteiger partial charge in [-0.25, -0.2) is 0 Å². The Bertz CT molecular complexity index is 346. The Morgan fingerprint density at radius 3 is 3.06 bits per heavy atom. The van der Waals surface area contributed by atoms with E-state index in [1.165, 1.54) is 29.9 Å². The molecule has 0 saturated carbocycles. The maximum absolute atomic E-state index is 8.65. The molecule has 88 valence electrons. The van der Waals surface area contributed by atoms with E-state index in [-0.39, 0.29) is 6.61 Å². The van der Waals surface area contributed by atoms with Crippen LogP contribution in [0.3, 0.4) is 0 Å². The van der Waals surface area contributed by atoms with Crippen LogP contribution in [0.5, 0.6) is 0 Å². The normalized spacial score (nSPS) is 9.88. The number of aliphatic hydroxyl groups is 1. The van der Waals surface area contributed by atoms with E-state index in [0.717, 1.165) is 11.3 Å². The summed E-state index contributed by atoms with van der Waals surface area (Å²) < 4.78 is 0. The lowest BCUT2D eigenvalue weighted by atomic mass is 10.3. The zero-order valence-corrected chi connectivity index (χ0v) is 11.3. The van der Waals surface area contributed by atoms with E-state index in [9.17, 15) is 0 Å². The molecule has 0 fully saturated rings. The summed E-state index contributed by atoms with van der Waals surface area (Å²) in [7, 11) is 0. The topological polar surface area (TPSA) is 20.2 Å². The van der Waals surface area contributed by atoms with Crippen molar-refractivity contribution >= 4 is 23.1 Å². The van der Waals surface area contributed by atoms with Crippen molar-refractivity contribution in [2.75, 3.05) is 12.4 Å². The third kappa shape index (κ3) is 5.07. The Morgan fingerprint density at radius 1 is 1.44 bits per heavy atom. The van der Waals surface area contributed by atoms with E-state index in [1.807, 2.05) is 17.8 Å². The van der Waals surface area contributed by atoms with Gasteiger partial charge >= 0.3 is 0 Å². The smallest absolute Gasteiger partial charge is 0.104 e. The average Bonchev–Trinajstić information content (AvgIpc) is 2.74. The summed E-state index contributed by atoms with van der Waals surface area (Å²) in [6.07, 6.45) is 3.92. The van der Waals surface area contributed by atoms with Gasteiger partial charge in [-0.15, -0.1) is 11.3 Å². The lowest BCUT2D eigenvalue weighted by Crippen LogP contribution is -1.84. The molecule has 0 aliphatic heterocycles. The Labute approximate surface area is 106 Å². The molecule has 16 heavy (non-hydrogen) atoms. The van der Waals surface area contributed by atoms with Gasteiger partial charge in [-0.3, -0.25) is 0 Å². The van der Waals surface area contributed by atoms with Crippen LogP contribution in [0, 0.1) is 11.8 Å². The van der Waals surface area contributed by atoms with Gasteiger partial charge in [0.2, 0.25) is 0 Å². The second kappa shape index (κ2) is 8.69. The van der Waals surface area contributed by atoms with Crippen molar-refractivity contribution in [1.29, 1.82) is 0 Å². The molecule has 0 amide bonds. The van der Waals surface area contributed by atoms with Crippen molar-refractivity contribution in [3.63, 3.8) is 0 Å². The van der Waals surface area contributed by atoms with Crippen molar-refractivity contribution in [2.24, 2.45) is 0 Å². The fourth-order valence-electron chi connectivity index (χ4n) is 1.32. The highest BCUT2D eigenvalue weighted by Crippen LogP contribution is 2.22. The van der Waals surface area contributed by atoms with Crippen LogP contribution in [-0.2, 0) is 5.75 Å². The third-order valence-electron chi connectivity index (χ3n) is 2.17. The molecule has 0 unspecified atom stereocenters. The molecule has 3 heteroatoms. The first-order valence-electron chi connectivity index (χ1n) is 5.62. The van der Waals surface area contributed by atoms with E-state index in [2.05, 4.69) is 24.1 Å². The van der Waals surface area contributed by atoms with E-state index in [4.69, 9.17) is 5.11 Å². The number of unbranched alkanes of at least 4 members (excludes halogenated alkanes) is 2. The quantitative estimate of drug-likeness (QED) is 0.619. The van der Waals surface area contributed by atoms with Crippen LogP contribution in [0.4, 0.5) is 0 Å². The summed E-state index contributed by atoms with van der Waals surface area (Å²) in [6.45, 7) is 2.17. The molecule has 1 rings (SSSR count). The minimum absolute atomic E-state index is 0.0566. The molecule has 1 N–H and O–H groups in total. The van der Waals surface area contributed by atoms with Crippen LogP contribution in [-0.4, -0.2) is 17.5 Å². The summed E-state index contributed by atoms with van der Waals surface area (Å²) >= 11 is 3.74. The van der Waals surface area contributed by atoms with Gasteiger partial charge < -0.3 is 5.11 Å². The predicted octanol–water partition coefficient (Wildman–Crippen LogP) is 3.52. The van der Waals surface area contributed by atoms with Crippen molar-refractivity contribution in [3.05, 3.63) is 21.9 Å². The van der Waals surface area contributed by atoms with Gasteiger partial charge in [0.1, 0.15) is 6.61 Å². The summed E-state index contributed by atoms with van der Waals surface area (Å²) in [4.78, 5) is 1.34. The van der Waals surface area contributed by atoms with Gasteiger partial charge in [0, 0.05) is 16.2 Å². The number of hydrogen-bond donors (Lipinski definition) is 1. The Morgan fingerprint density at radius 2 is 2.31 bits per heavy atom. The van der Waals surface area contributed by atoms with Crippen molar-refractivity contribution in [1.82, 2.24) is 0 Å². The molecule has 0 radical (unpaired) electrons. The van der Waals surface area contributed by atoms with E-state index in [0.29, 0.717) is 0 Å². The van der Waals surface area contributed by atoms with Gasteiger partial charge in [-0.1, -0.05) is 31.6 Å². The predicted molar refractivity (Wildman–Crippen MR) is 74.0 cm³/mol. The van der Waals surface area contributed by atoms with Crippen molar-refractivity contribution in [2.45, 2.75) is 31.9 Å². The number of thioether (sulfide) groups is 1. The van der Waals surface area contributed by atoms with Crippen LogP contribution < -0.4 is 0 Å². The van der Waals surface area contributed by atoms with Crippen LogP contribution in [0.1, 0.15) is 36.6 Å². The maximum atomic E-state index is 8.65. The van der Waals surface area contributed by atoms with E-state index in [1.54, 1.807) is 11.3 Å². The Kier molecular flexibility index (Phi) is 7.41. The van der Waals surface area contributed by atoms with Crippen molar-refractivity contribution < 1.29 is 5.11 Å². The van der Waals surface area contributed by atoms with Gasteiger partial charge in [0.25, 0.3) is 0 Å². The Hall–Kier alpha value is -0.430. The largest absolute Gasteiger partial charge is 0.384 e. The standard InChI is InChI=1S/C13H18OS2/c1-2-3-4-9-15-11-13-12(6-5-8-14)7-10-16-13/h7,10,14H,2-4,8-9,11H2,1H3. The van der Waals surface area contributed by atoms with E-state index >= 15 is 0 Å². The lowest BCUT2D eigenvalue weighted by Gasteiger charge is -1.99. The molecule has 1 aromatic heterocycles. The van der Waals surface area contributed by atoms with Gasteiger partial charge in [-0.05, 0) is 23.6 Å². The first kappa shape index (κ1) is 13.6. The number of hydrogen-bond acceptors (Lipinski definition) is 3. The van der Waals surface area contributed by atoms with Crippen LogP contribution in [0.15, 0.2) is 11.4 Å². The molecule has 0 saturated heterocycles. The summed E-state index contributed by atoms with van der Waals surface area (Å²) in [5, 5.41) is 10.7. The molecule has 0 aliphatic rings. The maximum Gasteiger partial charge on any atom is 0.104 e. The number of rotatable bonds is 6. The van der Waals surface area contributed by atoms with Crippen LogP contribution in [0.2, 0.25) is 0 Å². The monoisotopic (exact) mass is 254 g/mol. The first-order chi connectivity index (χ1) is 7.88. The van der Waals surface area contributed by atoms with Crippen molar-refractivity contribution in [3.8, 4) is 11.8 Å². The zero-order valence-electron chi connectivity index (χ0n) is 9.66. The fourth-order valence-corrected chi connectivity index (χ4v) is 3.35. The molecule has 0 aliphatic carbocycles. The SMILES string of the molecule is CCCCCSCc1sccc1C#CCO. The number of aliphatic hydroxyl groups excluding tert-OH is 1. The molecular weight excluding hydrogens is 236 g/mol.